The van der Waals surface area contributed by atoms with E-state index in [0.717, 1.165) is 15.9 Å². The second-order valence-electron chi connectivity index (χ2n) is 5.12. The summed E-state index contributed by atoms with van der Waals surface area (Å²) in [5.41, 5.74) is 1.19. The number of nitrogens with zero attached hydrogens (tertiary/aromatic N) is 1. The molecular formula is C17H14ClNO3. The molecule has 22 heavy (non-hydrogen) atoms. The molecule has 4 nitrogen and oxygen atoms in total. The summed E-state index contributed by atoms with van der Waals surface area (Å²) in [6, 6.07) is 9.47. The highest BCUT2D eigenvalue weighted by molar-refractivity contribution is 6.43. The van der Waals surface area contributed by atoms with E-state index in [1.54, 1.807) is 19.1 Å². The van der Waals surface area contributed by atoms with Crippen LogP contribution in [0.1, 0.15) is 19.1 Å². The molecule has 0 saturated heterocycles. The van der Waals surface area contributed by atoms with Gasteiger partial charge in [-0.1, -0.05) is 35.9 Å². The van der Waals surface area contributed by atoms with Crippen molar-refractivity contribution < 1.29 is 14.0 Å². The minimum atomic E-state index is -0.449. The van der Waals surface area contributed by atoms with Crippen LogP contribution in [-0.4, -0.2) is 23.3 Å². The highest BCUT2D eigenvalue weighted by atomic mass is 35.5. The smallest absolute Gasteiger partial charge is 0.271 e. The molecule has 0 radical (unpaired) electrons. The first-order chi connectivity index (χ1) is 10.6. The van der Waals surface area contributed by atoms with Crippen LogP contribution in [0.25, 0.3) is 17.0 Å². The van der Waals surface area contributed by atoms with Crippen LogP contribution in [-0.2, 0) is 9.59 Å². The van der Waals surface area contributed by atoms with Gasteiger partial charge in [0.05, 0.1) is 0 Å². The van der Waals surface area contributed by atoms with Crippen LogP contribution in [0.3, 0.4) is 0 Å². The summed E-state index contributed by atoms with van der Waals surface area (Å²) in [6.07, 6.45) is 3.85. The minimum absolute atomic E-state index is 0.0936. The third-order valence-corrected chi connectivity index (χ3v) is 3.83. The first kappa shape index (κ1) is 14.6. The number of carbonyl (C=O) groups is 2. The van der Waals surface area contributed by atoms with Crippen LogP contribution in [0.5, 0.6) is 0 Å². The van der Waals surface area contributed by atoms with Gasteiger partial charge in [0.1, 0.15) is 16.4 Å². The van der Waals surface area contributed by atoms with Gasteiger partial charge in [0.2, 0.25) is 0 Å². The number of hydrogen-bond acceptors (Lipinski definition) is 3. The van der Waals surface area contributed by atoms with Crippen LogP contribution < -0.4 is 0 Å². The third-order valence-electron chi connectivity index (χ3n) is 3.51. The van der Waals surface area contributed by atoms with Crippen molar-refractivity contribution in [3.05, 3.63) is 52.8 Å². The molecule has 0 bridgehead atoms. The largest absolute Gasteiger partial charge is 0.457 e. The van der Waals surface area contributed by atoms with Gasteiger partial charge in [-0.2, -0.15) is 0 Å². The van der Waals surface area contributed by atoms with E-state index in [4.69, 9.17) is 16.0 Å². The molecule has 0 aliphatic carbocycles. The zero-order valence-corrected chi connectivity index (χ0v) is 12.8. The van der Waals surface area contributed by atoms with Crippen molar-refractivity contribution in [3.63, 3.8) is 0 Å². The van der Waals surface area contributed by atoms with Crippen LogP contribution in [0.4, 0.5) is 0 Å². The summed E-state index contributed by atoms with van der Waals surface area (Å²) in [6.45, 7) is 2.01. The maximum Gasteiger partial charge on any atom is 0.271 e. The predicted molar refractivity (Wildman–Crippen MR) is 85.1 cm³/mol. The van der Waals surface area contributed by atoms with E-state index in [9.17, 15) is 9.59 Å². The van der Waals surface area contributed by atoms with Crippen molar-refractivity contribution in [2.24, 2.45) is 0 Å². The van der Waals surface area contributed by atoms with E-state index in [-0.39, 0.29) is 10.9 Å². The van der Waals surface area contributed by atoms with E-state index in [1.807, 2.05) is 30.3 Å². The van der Waals surface area contributed by atoms with Gasteiger partial charge < -0.3 is 4.42 Å². The van der Waals surface area contributed by atoms with Gasteiger partial charge in [-0.25, -0.2) is 0 Å². The van der Waals surface area contributed by atoms with Crippen molar-refractivity contribution in [1.29, 1.82) is 0 Å². The maximum atomic E-state index is 12.4. The topological polar surface area (TPSA) is 50.5 Å². The number of halogens is 1. The second-order valence-corrected chi connectivity index (χ2v) is 5.52. The summed E-state index contributed by atoms with van der Waals surface area (Å²) in [5, 5.41) is 1.06. The monoisotopic (exact) mass is 315 g/mol. The Kier molecular flexibility index (Phi) is 3.86. The van der Waals surface area contributed by atoms with Gasteiger partial charge >= 0.3 is 0 Å². The van der Waals surface area contributed by atoms with Crippen LogP contribution in [0.2, 0.25) is 0 Å². The molecule has 2 aromatic rings. The Hall–Kier alpha value is -2.33. The fraction of sp³-hybridized carbons (Fsp3) is 0.176. The van der Waals surface area contributed by atoms with Gasteiger partial charge in [-0.15, -0.1) is 0 Å². The quantitative estimate of drug-likeness (QED) is 0.794. The molecule has 0 fully saturated rings. The van der Waals surface area contributed by atoms with Crippen molar-refractivity contribution in [3.8, 4) is 0 Å². The molecule has 0 saturated carbocycles. The Morgan fingerprint density at radius 2 is 2.14 bits per heavy atom. The number of rotatable bonds is 2. The summed E-state index contributed by atoms with van der Waals surface area (Å²) in [5.74, 6) is -0.217. The molecule has 0 unspecified atom stereocenters. The molecule has 0 N–H and O–H groups in total. The van der Waals surface area contributed by atoms with E-state index in [2.05, 4.69) is 0 Å². The molecule has 5 heteroatoms. The lowest BCUT2D eigenvalue weighted by Gasteiger charge is -2.23. The molecule has 3 rings (SSSR count). The van der Waals surface area contributed by atoms with Gasteiger partial charge in [-0.05, 0) is 31.6 Å². The lowest BCUT2D eigenvalue weighted by molar-refractivity contribution is -0.139. The summed E-state index contributed by atoms with van der Waals surface area (Å²) in [4.78, 5) is 25.5. The molecule has 0 atom stereocenters. The second kappa shape index (κ2) is 5.81. The molecule has 2 amide bonds. The lowest BCUT2D eigenvalue weighted by Crippen LogP contribution is -2.40. The number of furan rings is 1. The Morgan fingerprint density at radius 3 is 2.91 bits per heavy atom. The number of carbonyl (C=O) groups excluding carboxylic acids is 2. The van der Waals surface area contributed by atoms with E-state index in [0.29, 0.717) is 24.3 Å². The van der Waals surface area contributed by atoms with Crippen LogP contribution >= 0.6 is 11.6 Å². The molecule has 2 heterocycles. The van der Waals surface area contributed by atoms with Crippen molar-refractivity contribution in [2.45, 2.75) is 13.3 Å². The highest BCUT2D eigenvalue weighted by Gasteiger charge is 2.27. The van der Waals surface area contributed by atoms with Crippen molar-refractivity contribution in [1.82, 2.24) is 4.90 Å². The standard InChI is InChI=1S/C17H14ClNO3/c1-11(16(20)19-8-4-6-14(18)17(19)21)9-13-10-12-5-2-3-7-15(12)22-13/h2-3,5-7,9-10H,4,8H2,1H3/b11-9+. The first-order valence-corrected chi connectivity index (χ1v) is 7.33. The molecule has 1 aliphatic rings. The van der Waals surface area contributed by atoms with Crippen molar-refractivity contribution >= 4 is 40.5 Å². The number of benzene rings is 1. The number of amides is 2. The molecule has 1 aliphatic heterocycles. The summed E-state index contributed by atoms with van der Waals surface area (Å²) < 4.78 is 5.65. The first-order valence-electron chi connectivity index (χ1n) is 6.95. The van der Waals surface area contributed by atoms with E-state index in [1.165, 1.54) is 0 Å². The Bertz CT molecular complexity index is 783. The van der Waals surface area contributed by atoms with Gasteiger partial charge in [0, 0.05) is 17.5 Å². The fourth-order valence-electron chi connectivity index (χ4n) is 2.39. The minimum Gasteiger partial charge on any atom is -0.457 e. The highest BCUT2D eigenvalue weighted by Crippen LogP contribution is 2.22. The zero-order chi connectivity index (χ0) is 15.7. The zero-order valence-electron chi connectivity index (χ0n) is 12.0. The number of para-hydroxylation sites is 1. The van der Waals surface area contributed by atoms with Gasteiger partial charge in [0.15, 0.2) is 0 Å². The summed E-state index contributed by atoms with van der Waals surface area (Å²) >= 11 is 5.80. The fourth-order valence-corrected chi connectivity index (χ4v) is 2.60. The Balaban J connectivity index is 1.86. The molecule has 0 spiro atoms. The van der Waals surface area contributed by atoms with Crippen LogP contribution in [0.15, 0.2) is 51.4 Å². The normalized spacial score (nSPS) is 16.1. The Labute approximate surface area is 132 Å². The maximum absolute atomic E-state index is 12.4. The average molecular weight is 316 g/mol. The number of imide groups is 1. The SMILES string of the molecule is C/C(=C\c1cc2ccccc2o1)C(=O)N1CCC=C(Cl)C1=O. The lowest BCUT2D eigenvalue weighted by atomic mass is 10.1. The van der Waals surface area contributed by atoms with Crippen LogP contribution in [0, 0.1) is 0 Å². The van der Waals surface area contributed by atoms with E-state index < -0.39 is 5.91 Å². The molecular weight excluding hydrogens is 302 g/mol. The third kappa shape index (κ3) is 2.70. The average Bonchev–Trinajstić information content (AvgIpc) is 2.91. The number of fused-ring (bicyclic) bond motifs is 1. The Morgan fingerprint density at radius 1 is 1.36 bits per heavy atom. The number of hydrogen-bond donors (Lipinski definition) is 0. The molecule has 1 aromatic carbocycles. The van der Waals surface area contributed by atoms with E-state index >= 15 is 0 Å². The summed E-state index contributed by atoms with van der Waals surface area (Å²) in [7, 11) is 0. The molecule has 1 aromatic heterocycles. The van der Waals surface area contributed by atoms with Gasteiger partial charge in [0.25, 0.3) is 11.8 Å². The van der Waals surface area contributed by atoms with Gasteiger partial charge in [-0.3, -0.25) is 14.5 Å². The molecule has 112 valence electrons. The predicted octanol–water partition coefficient (Wildman–Crippen LogP) is 3.72. The van der Waals surface area contributed by atoms with Crippen molar-refractivity contribution in [2.75, 3.05) is 6.54 Å².